The van der Waals surface area contributed by atoms with Gasteiger partial charge in [0.25, 0.3) is 0 Å². The zero-order chi connectivity index (χ0) is 49.5. The Bertz CT molecular complexity index is 5070. The molecule has 0 amide bonds. The predicted molar refractivity (Wildman–Crippen MR) is 304 cm³/mol. The minimum absolute atomic E-state index is 0.306. The largest absolute Gasteiger partial charge is 0.454 e. The highest BCUT2D eigenvalue weighted by Crippen LogP contribution is 2.55. The van der Waals surface area contributed by atoms with Crippen molar-refractivity contribution in [3.8, 4) is 50.8 Å². The molecule has 0 aliphatic rings. The van der Waals surface area contributed by atoms with Gasteiger partial charge in [0.1, 0.15) is 22.8 Å². The normalized spacial score (nSPS) is 12.0. The summed E-state index contributed by atoms with van der Waals surface area (Å²) in [5, 5.41) is 21.8. The van der Waals surface area contributed by atoms with Gasteiger partial charge < -0.3 is 22.4 Å². The van der Waals surface area contributed by atoms with Crippen molar-refractivity contribution in [3.05, 3.63) is 235 Å². The van der Waals surface area contributed by atoms with E-state index in [4.69, 9.17) is 13.3 Å². The van der Waals surface area contributed by atoms with E-state index in [9.17, 15) is 11.8 Å². The molecular weight excluding hydrogens is 921 g/mol. The summed E-state index contributed by atoms with van der Waals surface area (Å²) in [6.45, 7) is 9.56. The molecule has 5 aromatic heterocycles. The van der Waals surface area contributed by atoms with E-state index in [1.54, 1.807) is 0 Å². The summed E-state index contributed by atoms with van der Waals surface area (Å²) in [6.07, 6.45) is 0. The van der Waals surface area contributed by atoms with Crippen LogP contribution in [0.5, 0.6) is 0 Å². The minimum atomic E-state index is 0.306. The Kier molecular flexibility index (Phi) is 8.46. The molecule has 0 spiro atoms. The number of nitriles is 1. The summed E-state index contributed by atoms with van der Waals surface area (Å²) in [5.74, 6) is 0. The Labute approximate surface area is 426 Å². The third-order valence-corrected chi connectivity index (χ3v) is 15.4. The van der Waals surface area contributed by atoms with Crippen molar-refractivity contribution in [2.24, 2.45) is 0 Å². The van der Waals surface area contributed by atoms with Gasteiger partial charge in [0.15, 0.2) is 16.7 Å². The van der Waals surface area contributed by atoms with Crippen LogP contribution in [0.25, 0.3) is 159 Å². The van der Waals surface area contributed by atoms with Crippen molar-refractivity contribution in [2.75, 3.05) is 0 Å². The monoisotopic (exact) mass is 956 g/mol. The van der Waals surface area contributed by atoms with Crippen molar-refractivity contribution >= 4 is 115 Å². The molecule has 7 heteroatoms. The highest BCUT2D eigenvalue weighted by Gasteiger charge is 2.34. The summed E-state index contributed by atoms with van der Waals surface area (Å²) in [7, 11) is 0. The molecule has 11 aromatic carbocycles. The molecule has 16 rings (SSSR count). The number of fused-ring (bicyclic) bond motifs is 18. The van der Waals surface area contributed by atoms with Gasteiger partial charge >= 0.3 is 0 Å². The highest BCUT2D eigenvalue weighted by molar-refractivity contribution is 6.29. The van der Waals surface area contributed by atoms with Crippen LogP contribution in [-0.4, -0.2) is 9.13 Å². The van der Waals surface area contributed by atoms with Crippen molar-refractivity contribution in [2.45, 2.75) is 0 Å². The summed E-state index contributed by atoms with van der Waals surface area (Å²) in [6, 6.07) is 77.1. The lowest BCUT2D eigenvalue weighted by Crippen LogP contribution is -2.09. The van der Waals surface area contributed by atoms with Crippen LogP contribution in [0.1, 0.15) is 5.56 Å². The van der Waals surface area contributed by atoms with E-state index in [2.05, 4.69) is 129 Å². The second-order valence-corrected chi connectivity index (χ2v) is 19.2. The molecule has 0 bridgehead atoms. The van der Waals surface area contributed by atoms with Crippen molar-refractivity contribution in [3.63, 3.8) is 0 Å². The lowest BCUT2D eigenvalue weighted by molar-refractivity contribution is 0.669. The van der Waals surface area contributed by atoms with E-state index in [1.165, 1.54) is 0 Å². The number of nitrogens with zero attached hydrogens (tertiary/aromatic N) is 4. The zero-order valence-electron chi connectivity index (χ0n) is 39.8. The smallest absolute Gasteiger partial charge is 0.220 e. The van der Waals surface area contributed by atoms with Crippen LogP contribution in [0, 0.1) is 17.9 Å². The van der Waals surface area contributed by atoms with Gasteiger partial charge in [-0.05, 0) is 64.7 Å². The average molecular weight is 957 g/mol. The first kappa shape index (κ1) is 41.1. The van der Waals surface area contributed by atoms with Gasteiger partial charge in [-0.2, -0.15) is 5.26 Å². The van der Waals surface area contributed by atoms with Gasteiger partial charge in [-0.3, -0.25) is 0 Å². The lowest BCUT2D eigenvalue weighted by Gasteiger charge is -2.25. The van der Waals surface area contributed by atoms with E-state index < -0.39 is 0 Å². The third-order valence-electron chi connectivity index (χ3n) is 15.4. The van der Waals surface area contributed by atoms with E-state index in [0.717, 1.165) is 115 Å². The van der Waals surface area contributed by atoms with E-state index in [0.29, 0.717) is 50.5 Å². The standard InChI is InChI=1S/C68H36N4O3/c1-70-60-57(40-21-7-3-8-22-40)52(38-69)61(71-53-29-15-11-28-49(53)59-50(39-19-5-2-6-20-39)37-51-44-27-14-18-32-56(44)75-68(51)65(59)71)58(41-23-9-4-10-24-41)64(60)72-62-45(33-35-47-42-25-12-16-30-54(42)73-66(47)62)46-34-36-48-43-26-13-17-31-55(43)74-67(48)63(46)72/h2-37H. The lowest BCUT2D eigenvalue weighted by atomic mass is 9.88. The fourth-order valence-corrected chi connectivity index (χ4v) is 12.3. The molecule has 7 nitrogen and oxygen atoms in total. The van der Waals surface area contributed by atoms with Crippen LogP contribution >= 0.6 is 0 Å². The molecular formula is C68H36N4O3. The quantitative estimate of drug-likeness (QED) is 0.161. The van der Waals surface area contributed by atoms with Crippen LogP contribution in [0.15, 0.2) is 232 Å². The molecule has 0 fully saturated rings. The molecule has 0 radical (unpaired) electrons. The molecule has 0 atom stereocenters. The number of hydrogen-bond acceptors (Lipinski definition) is 4. The fourth-order valence-electron chi connectivity index (χ4n) is 12.3. The van der Waals surface area contributed by atoms with Crippen molar-refractivity contribution in [1.29, 1.82) is 5.26 Å². The fraction of sp³-hybridized carbons (Fsp3) is 0. The zero-order valence-corrected chi connectivity index (χ0v) is 39.8. The molecule has 346 valence electrons. The van der Waals surface area contributed by atoms with Gasteiger partial charge in [-0.15, -0.1) is 0 Å². The van der Waals surface area contributed by atoms with Gasteiger partial charge in [0.05, 0.1) is 45.6 Å². The first-order chi connectivity index (χ1) is 37.2. The summed E-state index contributed by atoms with van der Waals surface area (Å²) in [4.78, 5) is 4.63. The number of furan rings is 3. The average Bonchev–Trinajstić information content (AvgIpc) is 4.41. The maximum absolute atomic E-state index is 12.2. The number of benzene rings is 11. The summed E-state index contributed by atoms with van der Waals surface area (Å²) in [5.41, 5.74) is 14.1. The Hall–Kier alpha value is -10.6. The number of para-hydroxylation sites is 4. The molecule has 5 heterocycles. The topological polar surface area (TPSA) is 77.4 Å². The predicted octanol–water partition coefficient (Wildman–Crippen LogP) is 19.0. The van der Waals surface area contributed by atoms with Gasteiger partial charge in [-0.1, -0.05) is 176 Å². The molecule has 0 N–H and O–H groups in total. The molecule has 0 aliphatic heterocycles. The summed E-state index contributed by atoms with van der Waals surface area (Å²) >= 11 is 0. The molecule has 0 unspecified atom stereocenters. The van der Waals surface area contributed by atoms with Gasteiger partial charge in [0.2, 0.25) is 5.69 Å². The van der Waals surface area contributed by atoms with Crippen molar-refractivity contribution in [1.82, 2.24) is 9.13 Å². The van der Waals surface area contributed by atoms with Gasteiger partial charge in [-0.25, -0.2) is 4.85 Å². The second kappa shape index (κ2) is 15.5. The molecule has 0 saturated carbocycles. The van der Waals surface area contributed by atoms with E-state index in [-0.39, 0.29) is 0 Å². The van der Waals surface area contributed by atoms with E-state index >= 15 is 0 Å². The van der Waals surface area contributed by atoms with E-state index in [1.807, 2.05) is 109 Å². The molecule has 75 heavy (non-hydrogen) atoms. The third kappa shape index (κ3) is 5.56. The van der Waals surface area contributed by atoms with Crippen LogP contribution in [0.2, 0.25) is 0 Å². The SMILES string of the molecule is [C-]#[N+]c1c(-c2ccccc2)c(C#N)c(-n2c3ccccc3c3c(-c4ccccc4)cc4c5ccccc5oc4c32)c(-c2ccccc2)c1-n1c2c(ccc3c4ccccc4oc32)c2ccc3c4ccccc4oc3c21. The van der Waals surface area contributed by atoms with Crippen LogP contribution in [0.3, 0.4) is 0 Å². The first-order valence-corrected chi connectivity index (χ1v) is 24.9. The minimum Gasteiger partial charge on any atom is -0.454 e. The van der Waals surface area contributed by atoms with Crippen LogP contribution in [0.4, 0.5) is 5.69 Å². The highest BCUT2D eigenvalue weighted by atomic mass is 16.3. The molecule has 16 aromatic rings. The first-order valence-electron chi connectivity index (χ1n) is 24.9. The Morgan fingerprint density at radius 2 is 0.827 bits per heavy atom. The Balaban J connectivity index is 1.22. The number of hydrogen-bond donors (Lipinski definition) is 0. The van der Waals surface area contributed by atoms with Crippen molar-refractivity contribution < 1.29 is 13.3 Å². The van der Waals surface area contributed by atoms with Crippen LogP contribution in [-0.2, 0) is 0 Å². The maximum atomic E-state index is 12.2. The Morgan fingerprint density at radius 3 is 1.36 bits per heavy atom. The summed E-state index contributed by atoms with van der Waals surface area (Å²) < 4.78 is 25.7. The van der Waals surface area contributed by atoms with Crippen LogP contribution < -0.4 is 0 Å². The second-order valence-electron chi connectivity index (χ2n) is 19.2. The Morgan fingerprint density at radius 1 is 0.387 bits per heavy atom. The van der Waals surface area contributed by atoms with Gasteiger partial charge in [0, 0.05) is 65.0 Å². The number of aromatic nitrogens is 2. The number of rotatable bonds is 5. The molecule has 0 saturated heterocycles. The molecule has 0 aliphatic carbocycles. The maximum Gasteiger partial charge on any atom is 0.220 e.